The minimum absolute atomic E-state index is 0.208. The van der Waals surface area contributed by atoms with Crippen LogP contribution in [0.3, 0.4) is 0 Å². The predicted molar refractivity (Wildman–Crippen MR) is 83.3 cm³/mol. The fourth-order valence-electron chi connectivity index (χ4n) is 2.41. The molecule has 1 N–H and O–H groups in total. The average molecular weight is 316 g/mol. The highest BCUT2D eigenvalue weighted by atomic mass is 16.5. The van der Waals surface area contributed by atoms with E-state index in [0.29, 0.717) is 18.8 Å². The first-order valence-electron chi connectivity index (χ1n) is 7.75. The first kappa shape index (κ1) is 15.6. The van der Waals surface area contributed by atoms with E-state index < -0.39 is 0 Å². The van der Waals surface area contributed by atoms with Crippen LogP contribution in [0.4, 0.5) is 0 Å². The molecule has 0 radical (unpaired) electrons. The summed E-state index contributed by atoms with van der Waals surface area (Å²) in [7, 11) is 0. The van der Waals surface area contributed by atoms with Crippen LogP contribution in [0.1, 0.15) is 34.7 Å². The Morgan fingerprint density at radius 2 is 2.22 bits per heavy atom. The van der Waals surface area contributed by atoms with E-state index in [-0.39, 0.29) is 17.8 Å². The zero-order chi connectivity index (χ0) is 16.1. The van der Waals surface area contributed by atoms with Gasteiger partial charge in [0.2, 0.25) is 5.76 Å². The Kier molecular flexibility index (Phi) is 4.92. The van der Waals surface area contributed by atoms with Crippen molar-refractivity contribution in [3.63, 3.8) is 0 Å². The maximum Gasteiger partial charge on any atom is 0.290 e. The van der Waals surface area contributed by atoms with Crippen LogP contribution in [0, 0.1) is 6.92 Å². The molecule has 23 heavy (non-hydrogen) atoms. The third-order valence-corrected chi connectivity index (χ3v) is 3.69. The van der Waals surface area contributed by atoms with Crippen molar-refractivity contribution in [1.29, 1.82) is 0 Å². The van der Waals surface area contributed by atoms with Gasteiger partial charge in [-0.25, -0.2) is 0 Å². The van der Waals surface area contributed by atoms with E-state index in [1.165, 1.54) is 0 Å². The summed E-state index contributed by atoms with van der Waals surface area (Å²) >= 11 is 0. The molecule has 0 unspecified atom stereocenters. The highest BCUT2D eigenvalue weighted by Gasteiger charge is 2.16. The molecule has 1 aliphatic heterocycles. The van der Waals surface area contributed by atoms with E-state index in [4.69, 9.17) is 14.0 Å². The lowest BCUT2D eigenvalue weighted by atomic mass is 10.2. The lowest BCUT2D eigenvalue weighted by Gasteiger charge is -2.11. The second kappa shape index (κ2) is 7.28. The van der Waals surface area contributed by atoms with E-state index in [9.17, 15) is 4.79 Å². The van der Waals surface area contributed by atoms with Gasteiger partial charge < -0.3 is 19.3 Å². The molecule has 0 spiro atoms. The number of nitrogens with one attached hydrogen (secondary N) is 1. The molecule has 1 aromatic heterocycles. The number of aryl methyl sites for hydroxylation is 1. The Balaban J connectivity index is 1.46. The molecule has 0 saturated carbocycles. The van der Waals surface area contributed by atoms with Gasteiger partial charge in [-0.1, -0.05) is 17.3 Å². The van der Waals surface area contributed by atoms with Crippen molar-refractivity contribution in [2.45, 2.75) is 32.4 Å². The molecule has 1 fully saturated rings. The molecule has 2 heterocycles. The number of hydrogen-bond donors (Lipinski definition) is 1. The van der Waals surface area contributed by atoms with Gasteiger partial charge in [0, 0.05) is 19.2 Å². The van der Waals surface area contributed by atoms with Gasteiger partial charge in [-0.3, -0.25) is 4.79 Å². The summed E-state index contributed by atoms with van der Waals surface area (Å²) < 4.78 is 16.1. The molecular formula is C17H20N2O4. The third kappa shape index (κ3) is 4.32. The van der Waals surface area contributed by atoms with E-state index in [1.807, 2.05) is 24.3 Å². The molecule has 1 amide bonds. The molecule has 0 bridgehead atoms. The SMILES string of the molecule is Cc1cc(C(=O)NCc2ccc(OC[C@H]3CCCO3)cc2)on1. The van der Waals surface area contributed by atoms with Gasteiger partial charge in [0.25, 0.3) is 5.91 Å². The minimum Gasteiger partial charge on any atom is -0.491 e. The minimum atomic E-state index is -0.274. The first-order valence-corrected chi connectivity index (χ1v) is 7.75. The van der Waals surface area contributed by atoms with Crippen LogP contribution in [0.25, 0.3) is 0 Å². The fraction of sp³-hybridized carbons (Fsp3) is 0.412. The average Bonchev–Trinajstić information content (AvgIpc) is 3.23. The van der Waals surface area contributed by atoms with Crippen molar-refractivity contribution >= 4 is 5.91 Å². The molecular weight excluding hydrogens is 296 g/mol. The zero-order valence-corrected chi connectivity index (χ0v) is 13.1. The van der Waals surface area contributed by atoms with Gasteiger partial charge in [-0.05, 0) is 37.5 Å². The van der Waals surface area contributed by atoms with Crippen LogP contribution in [-0.2, 0) is 11.3 Å². The molecule has 2 aromatic rings. The van der Waals surface area contributed by atoms with Crippen molar-refractivity contribution in [1.82, 2.24) is 10.5 Å². The van der Waals surface area contributed by atoms with E-state index in [0.717, 1.165) is 30.8 Å². The van der Waals surface area contributed by atoms with E-state index >= 15 is 0 Å². The highest BCUT2D eigenvalue weighted by Crippen LogP contribution is 2.16. The Hall–Kier alpha value is -2.34. The summed E-state index contributed by atoms with van der Waals surface area (Å²) in [4.78, 5) is 11.9. The number of aromatic nitrogens is 1. The van der Waals surface area contributed by atoms with Crippen molar-refractivity contribution < 1.29 is 18.8 Å². The van der Waals surface area contributed by atoms with Crippen molar-refractivity contribution in [2.24, 2.45) is 0 Å². The van der Waals surface area contributed by atoms with Crippen LogP contribution in [0.2, 0.25) is 0 Å². The number of benzene rings is 1. The van der Waals surface area contributed by atoms with Crippen LogP contribution < -0.4 is 10.1 Å². The summed E-state index contributed by atoms with van der Waals surface area (Å²) in [6.45, 7) is 3.61. The van der Waals surface area contributed by atoms with E-state index in [1.54, 1.807) is 13.0 Å². The Labute approximate surface area is 134 Å². The second-order valence-corrected chi connectivity index (χ2v) is 5.61. The van der Waals surface area contributed by atoms with Crippen LogP contribution >= 0.6 is 0 Å². The van der Waals surface area contributed by atoms with Crippen molar-refractivity contribution in [3.8, 4) is 5.75 Å². The van der Waals surface area contributed by atoms with E-state index in [2.05, 4.69) is 10.5 Å². The number of ether oxygens (including phenoxy) is 2. The smallest absolute Gasteiger partial charge is 0.290 e. The normalized spacial score (nSPS) is 17.2. The lowest BCUT2D eigenvalue weighted by Crippen LogP contribution is -2.22. The number of rotatable bonds is 6. The molecule has 6 nitrogen and oxygen atoms in total. The lowest BCUT2D eigenvalue weighted by molar-refractivity contribution is 0.0679. The van der Waals surface area contributed by atoms with Crippen LogP contribution in [0.15, 0.2) is 34.9 Å². The van der Waals surface area contributed by atoms with Crippen molar-refractivity contribution in [2.75, 3.05) is 13.2 Å². The summed E-state index contributed by atoms with van der Waals surface area (Å²) in [5.41, 5.74) is 1.67. The number of carbonyl (C=O) groups is 1. The monoisotopic (exact) mass is 316 g/mol. The summed E-state index contributed by atoms with van der Waals surface area (Å²) in [6.07, 6.45) is 2.38. The number of amides is 1. The molecule has 1 aromatic carbocycles. The van der Waals surface area contributed by atoms with Crippen molar-refractivity contribution in [3.05, 3.63) is 47.3 Å². The largest absolute Gasteiger partial charge is 0.491 e. The summed E-state index contributed by atoms with van der Waals surface area (Å²) in [5.74, 6) is 0.754. The number of nitrogens with zero attached hydrogens (tertiary/aromatic N) is 1. The maximum atomic E-state index is 11.9. The molecule has 3 rings (SSSR count). The molecule has 1 atom stereocenters. The summed E-state index contributed by atoms with van der Waals surface area (Å²) in [5, 5.41) is 6.49. The van der Waals surface area contributed by atoms with Gasteiger partial charge in [0.15, 0.2) is 0 Å². The summed E-state index contributed by atoms with van der Waals surface area (Å²) in [6, 6.07) is 9.26. The third-order valence-electron chi connectivity index (χ3n) is 3.69. The molecule has 0 aliphatic carbocycles. The Morgan fingerprint density at radius 1 is 1.39 bits per heavy atom. The molecule has 6 heteroatoms. The molecule has 122 valence electrons. The predicted octanol–water partition coefficient (Wildman–Crippen LogP) is 2.47. The Bertz CT molecular complexity index is 645. The van der Waals surface area contributed by atoms with Gasteiger partial charge in [0.1, 0.15) is 12.4 Å². The van der Waals surface area contributed by atoms with Crippen LogP contribution in [0.5, 0.6) is 5.75 Å². The maximum absolute atomic E-state index is 11.9. The number of hydrogen-bond acceptors (Lipinski definition) is 5. The van der Waals surface area contributed by atoms with Gasteiger partial charge in [0.05, 0.1) is 11.8 Å². The number of carbonyl (C=O) groups excluding carboxylic acids is 1. The standard InChI is InChI=1S/C17H20N2O4/c1-12-9-16(23-19-12)17(20)18-10-13-4-6-14(7-5-13)22-11-15-3-2-8-21-15/h4-7,9,15H,2-3,8,10-11H2,1H3,(H,18,20)/t15-/m1/s1. The quantitative estimate of drug-likeness (QED) is 0.886. The highest BCUT2D eigenvalue weighted by molar-refractivity contribution is 5.91. The first-order chi connectivity index (χ1) is 11.2. The van der Waals surface area contributed by atoms with Gasteiger partial charge in [-0.15, -0.1) is 0 Å². The molecule has 1 aliphatic rings. The fourth-order valence-corrected chi connectivity index (χ4v) is 2.41. The van der Waals surface area contributed by atoms with Gasteiger partial charge in [-0.2, -0.15) is 0 Å². The second-order valence-electron chi connectivity index (χ2n) is 5.61. The van der Waals surface area contributed by atoms with Gasteiger partial charge >= 0.3 is 0 Å². The van der Waals surface area contributed by atoms with Crippen LogP contribution in [-0.4, -0.2) is 30.4 Å². The zero-order valence-electron chi connectivity index (χ0n) is 13.1. The topological polar surface area (TPSA) is 73.6 Å². The molecule has 1 saturated heterocycles. The Morgan fingerprint density at radius 3 is 2.87 bits per heavy atom.